The van der Waals surface area contributed by atoms with Crippen molar-refractivity contribution in [2.24, 2.45) is 5.92 Å². The fourth-order valence-electron chi connectivity index (χ4n) is 1.77. The van der Waals surface area contributed by atoms with Gasteiger partial charge in [-0.3, -0.25) is 4.79 Å². The van der Waals surface area contributed by atoms with Crippen molar-refractivity contribution in [3.63, 3.8) is 0 Å². The third kappa shape index (κ3) is 5.20. The van der Waals surface area contributed by atoms with Crippen LogP contribution in [-0.2, 0) is 11.3 Å². The van der Waals surface area contributed by atoms with Gasteiger partial charge < -0.3 is 15.2 Å². The van der Waals surface area contributed by atoms with Gasteiger partial charge in [-0.2, -0.15) is 0 Å². The van der Waals surface area contributed by atoms with Crippen molar-refractivity contribution in [3.05, 3.63) is 28.2 Å². The maximum atomic E-state index is 11.1. The van der Waals surface area contributed by atoms with Gasteiger partial charge in [0.05, 0.1) is 7.11 Å². The van der Waals surface area contributed by atoms with Crippen LogP contribution < -0.4 is 10.1 Å². The molecule has 0 aromatic heterocycles. The van der Waals surface area contributed by atoms with E-state index in [0.717, 1.165) is 15.8 Å². The van der Waals surface area contributed by atoms with Crippen LogP contribution in [0.3, 0.4) is 0 Å². The molecule has 0 saturated carbocycles. The first-order chi connectivity index (χ1) is 8.93. The Kier molecular flexibility index (Phi) is 6.31. The van der Waals surface area contributed by atoms with E-state index < -0.39 is 12.0 Å². The highest BCUT2D eigenvalue weighted by atomic mass is 79.9. The molecular formula is C14H20BrNO3. The molecular weight excluding hydrogens is 310 g/mol. The van der Waals surface area contributed by atoms with Gasteiger partial charge in [-0.1, -0.05) is 35.8 Å². The van der Waals surface area contributed by atoms with Gasteiger partial charge in [-0.15, -0.1) is 0 Å². The highest BCUT2D eigenvalue weighted by Gasteiger charge is 2.18. The summed E-state index contributed by atoms with van der Waals surface area (Å²) in [6.45, 7) is 4.54. The van der Waals surface area contributed by atoms with Gasteiger partial charge in [0, 0.05) is 11.0 Å². The summed E-state index contributed by atoms with van der Waals surface area (Å²) in [5.74, 6) is 0.304. The minimum atomic E-state index is -0.807. The molecule has 19 heavy (non-hydrogen) atoms. The molecule has 0 heterocycles. The Hall–Kier alpha value is -1.07. The number of methoxy groups -OCH3 is 1. The largest absolute Gasteiger partial charge is 0.497 e. The van der Waals surface area contributed by atoms with Gasteiger partial charge in [-0.25, -0.2) is 0 Å². The molecule has 1 aromatic rings. The third-order valence-electron chi connectivity index (χ3n) is 2.80. The normalized spacial score (nSPS) is 12.5. The van der Waals surface area contributed by atoms with Crippen LogP contribution in [0.1, 0.15) is 25.8 Å². The monoisotopic (exact) mass is 329 g/mol. The summed E-state index contributed by atoms with van der Waals surface area (Å²) in [5, 5.41) is 12.2. The summed E-state index contributed by atoms with van der Waals surface area (Å²) in [7, 11) is 1.61. The van der Waals surface area contributed by atoms with Gasteiger partial charge in [0.15, 0.2) is 0 Å². The number of carboxylic acids is 1. The van der Waals surface area contributed by atoms with E-state index >= 15 is 0 Å². The molecule has 2 N–H and O–H groups in total. The molecule has 1 atom stereocenters. The Labute approximate surface area is 122 Å². The zero-order chi connectivity index (χ0) is 14.4. The number of benzene rings is 1. The molecule has 0 fully saturated rings. The molecule has 1 rings (SSSR count). The molecule has 4 nitrogen and oxygen atoms in total. The molecule has 0 radical (unpaired) electrons. The molecule has 0 spiro atoms. The zero-order valence-electron chi connectivity index (χ0n) is 11.4. The first-order valence-electron chi connectivity index (χ1n) is 6.22. The van der Waals surface area contributed by atoms with Gasteiger partial charge in [0.2, 0.25) is 0 Å². The topological polar surface area (TPSA) is 58.6 Å². The molecule has 1 aromatic carbocycles. The zero-order valence-corrected chi connectivity index (χ0v) is 13.0. The number of ether oxygens (including phenoxy) is 1. The molecule has 0 aliphatic heterocycles. The number of hydrogen-bond acceptors (Lipinski definition) is 3. The van der Waals surface area contributed by atoms with E-state index in [1.165, 1.54) is 0 Å². The standard InChI is InChI=1S/C14H20BrNO3/c1-9(2)6-13(14(17)18)16-8-10-4-5-11(19-3)7-12(10)15/h4-5,7,9,13,16H,6,8H2,1-3H3,(H,17,18). The molecule has 0 aliphatic rings. The Balaban J connectivity index is 2.66. The van der Waals surface area contributed by atoms with Crippen molar-refractivity contribution < 1.29 is 14.6 Å². The second-order valence-electron chi connectivity index (χ2n) is 4.86. The van der Waals surface area contributed by atoms with E-state index in [-0.39, 0.29) is 0 Å². The van der Waals surface area contributed by atoms with Gasteiger partial charge >= 0.3 is 5.97 Å². The van der Waals surface area contributed by atoms with Crippen molar-refractivity contribution in [1.82, 2.24) is 5.32 Å². The number of carboxylic acid groups (broad SMARTS) is 1. The number of aliphatic carboxylic acids is 1. The van der Waals surface area contributed by atoms with Gasteiger partial charge in [0.25, 0.3) is 0 Å². The predicted octanol–water partition coefficient (Wildman–Crippen LogP) is 3.05. The smallest absolute Gasteiger partial charge is 0.320 e. The van der Waals surface area contributed by atoms with Crippen molar-refractivity contribution in [3.8, 4) is 5.75 Å². The minimum absolute atomic E-state index is 0.341. The number of rotatable bonds is 7. The second-order valence-corrected chi connectivity index (χ2v) is 5.71. The van der Waals surface area contributed by atoms with E-state index in [2.05, 4.69) is 21.2 Å². The van der Waals surface area contributed by atoms with E-state index in [1.807, 2.05) is 32.0 Å². The Morgan fingerprint density at radius 3 is 2.63 bits per heavy atom. The van der Waals surface area contributed by atoms with Crippen molar-refractivity contribution in [2.45, 2.75) is 32.9 Å². The number of hydrogen-bond donors (Lipinski definition) is 2. The van der Waals surface area contributed by atoms with Crippen molar-refractivity contribution >= 4 is 21.9 Å². The SMILES string of the molecule is COc1ccc(CNC(CC(C)C)C(=O)O)c(Br)c1. The highest BCUT2D eigenvalue weighted by Crippen LogP contribution is 2.23. The van der Waals surface area contributed by atoms with Crippen LogP contribution in [-0.4, -0.2) is 24.2 Å². The van der Waals surface area contributed by atoms with Crippen LogP contribution in [0.15, 0.2) is 22.7 Å². The lowest BCUT2D eigenvalue weighted by Crippen LogP contribution is -2.37. The lowest BCUT2D eigenvalue weighted by Gasteiger charge is -2.17. The summed E-state index contributed by atoms with van der Waals surface area (Å²) >= 11 is 3.46. The molecule has 0 saturated heterocycles. The average Bonchev–Trinajstić information content (AvgIpc) is 2.34. The van der Waals surface area contributed by atoms with Crippen molar-refractivity contribution in [2.75, 3.05) is 7.11 Å². The fourth-order valence-corrected chi connectivity index (χ4v) is 2.27. The van der Waals surface area contributed by atoms with E-state index in [9.17, 15) is 4.79 Å². The van der Waals surface area contributed by atoms with Gasteiger partial charge in [0.1, 0.15) is 11.8 Å². The average molecular weight is 330 g/mol. The minimum Gasteiger partial charge on any atom is -0.497 e. The number of carbonyl (C=O) groups is 1. The highest BCUT2D eigenvalue weighted by molar-refractivity contribution is 9.10. The Morgan fingerprint density at radius 2 is 2.16 bits per heavy atom. The van der Waals surface area contributed by atoms with E-state index in [1.54, 1.807) is 7.11 Å². The fraction of sp³-hybridized carbons (Fsp3) is 0.500. The first kappa shape index (κ1) is 16.0. The quantitative estimate of drug-likeness (QED) is 0.807. The lowest BCUT2D eigenvalue weighted by atomic mass is 10.0. The van der Waals surface area contributed by atoms with Crippen molar-refractivity contribution in [1.29, 1.82) is 0 Å². The lowest BCUT2D eigenvalue weighted by molar-refractivity contribution is -0.140. The van der Waals surface area contributed by atoms with E-state index in [4.69, 9.17) is 9.84 Å². The van der Waals surface area contributed by atoms with Crippen LogP contribution in [0.5, 0.6) is 5.75 Å². The predicted molar refractivity (Wildman–Crippen MR) is 78.4 cm³/mol. The number of halogens is 1. The molecule has 5 heteroatoms. The summed E-state index contributed by atoms with van der Waals surface area (Å²) in [4.78, 5) is 11.1. The molecule has 1 unspecified atom stereocenters. The first-order valence-corrected chi connectivity index (χ1v) is 7.02. The van der Waals surface area contributed by atoms with E-state index in [0.29, 0.717) is 18.9 Å². The summed E-state index contributed by atoms with van der Waals surface area (Å²) in [5.41, 5.74) is 1.01. The van der Waals surface area contributed by atoms with Crippen LogP contribution in [0.2, 0.25) is 0 Å². The van der Waals surface area contributed by atoms with Crippen LogP contribution >= 0.6 is 15.9 Å². The Morgan fingerprint density at radius 1 is 1.47 bits per heavy atom. The molecule has 0 aliphatic carbocycles. The Bertz CT molecular complexity index is 435. The molecule has 106 valence electrons. The van der Waals surface area contributed by atoms with Crippen LogP contribution in [0, 0.1) is 5.92 Å². The molecule has 0 amide bonds. The third-order valence-corrected chi connectivity index (χ3v) is 3.54. The summed E-state index contributed by atoms with van der Waals surface area (Å²) in [6, 6.07) is 5.13. The second kappa shape index (κ2) is 7.50. The molecule has 0 bridgehead atoms. The van der Waals surface area contributed by atoms with Gasteiger partial charge in [-0.05, 0) is 30.0 Å². The summed E-state index contributed by atoms with van der Waals surface area (Å²) in [6.07, 6.45) is 0.614. The number of nitrogens with one attached hydrogen (secondary N) is 1. The van der Waals surface area contributed by atoms with Crippen LogP contribution in [0.4, 0.5) is 0 Å². The summed E-state index contributed by atoms with van der Waals surface area (Å²) < 4.78 is 6.03. The maximum absolute atomic E-state index is 11.1. The maximum Gasteiger partial charge on any atom is 0.320 e. The van der Waals surface area contributed by atoms with Crippen LogP contribution in [0.25, 0.3) is 0 Å².